The molecular formula is C31H33F3N2O5. The molecule has 4 atom stereocenters. The number of halogens is 3. The Hall–Kier alpha value is -3.34. The van der Waals surface area contributed by atoms with Crippen molar-refractivity contribution in [1.29, 1.82) is 0 Å². The molecular weight excluding hydrogens is 537 g/mol. The van der Waals surface area contributed by atoms with Gasteiger partial charge in [0, 0.05) is 43.8 Å². The number of aromatic nitrogens is 2. The lowest BCUT2D eigenvalue weighted by Crippen LogP contribution is -2.49. The lowest BCUT2D eigenvalue weighted by molar-refractivity contribution is -0.123. The van der Waals surface area contributed by atoms with Crippen LogP contribution in [0.1, 0.15) is 67.1 Å². The highest BCUT2D eigenvalue weighted by Crippen LogP contribution is 2.42. The van der Waals surface area contributed by atoms with Crippen LogP contribution in [0.2, 0.25) is 0 Å². The van der Waals surface area contributed by atoms with Gasteiger partial charge in [-0.1, -0.05) is 6.92 Å². The van der Waals surface area contributed by atoms with Crippen LogP contribution in [0.3, 0.4) is 0 Å². The topological polar surface area (TPSA) is 102 Å². The van der Waals surface area contributed by atoms with Crippen molar-refractivity contribution in [3.8, 4) is 17.0 Å². The molecule has 10 heteroatoms. The zero-order valence-corrected chi connectivity index (χ0v) is 22.9. The number of rotatable bonds is 7. The summed E-state index contributed by atoms with van der Waals surface area (Å²) in [5, 5.41) is 21.1. The van der Waals surface area contributed by atoms with E-state index in [0.717, 1.165) is 23.8 Å². The van der Waals surface area contributed by atoms with Crippen molar-refractivity contribution in [2.24, 2.45) is 5.92 Å². The minimum Gasteiger partial charge on any atom is -0.490 e. The van der Waals surface area contributed by atoms with Gasteiger partial charge in [0.05, 0.1) is 30.5 Å². The van der Waals surface area contributed by atoms with Crippen molar-refractivity contribution in [2.45, 2.75) is 69.7 Å². The fourth-order valence-corrected chi connectivity index (χ4v) is 5.70. The maximum absolute atomic E-state index is 15.1. The van der Waals surface area contributed by atoms with Crippen molar-refractivity contribution in [2.75, 3.05) is 13.2 Å². The van der Waals surface area contributed by atoms with E-state index in [9.17, 15) is 19.4 Å². The summed E-state index contributed by atoms with van der Waals surface area (Å²) in [6.07, 6.45) is 3.93. The maximum atomic E-state index is 15.1. The smallest absolute Gasteiger partial charge is 0.185 e. The number of aliphatic hydroxyl groups excluding tert-OH is 1. The van der Waals surface area contributed by atoms with E-state index in [0.29, 0.717) is 44.5 Å². The first kappa shape index (κ1) is 29.2. The third-order valence-corrected chi connectivity index (χ3v) is 8.41. The van der Waals surface area contributed by atoms with E-state index in [1.54, 1.807) is 25.4 Å². The zero-order valence-electron chi connectivity index (χ0n) is 22.9. The Labute approximate surface area is 236 Å². The minimum absolute atomic E-state index is 0.0175. The van der Waals surface area contributed by atoms with Gasteiger partial charge in [0.1, 0.15) is 40.7 Å². The van der Waals surface area contributed by atoms with Gasteiger partial charge in [-0.3, -0.25) is 9.78 Å². The molecule has 2 aromatic heterocycles. The lowest BCUT2D eigenvalue weighted by Gasteiger charge is -2.43. The Morgan fingerprint density at radius 2 is 1.80 bits per heavy atom. The molecule has 2 N–H and O–H groups in total. The van der Waals surface area contributed by atoms with Crippen molar-refractivity contribution >= 4 is 5.78 Å². The van der Waals surface area contributed by atoms with E-state index < -0.39 is 46.2 Å². The van der Waals surface area contributed by atoms with E-state index in [2.05, 4.69) is 9.97 Å². The van der Waals surface area contributed by atoms with Gasteiger partial charge in [0.2, 0.25) is 0 Å². The highest BCUT2D eigenvalue weighted by atomic mass is 19.1. The van der Waals surface area contributed by atoms with Crippen LogP contribution in [-0.2, 0) is 11.2 Å². The summed E-state index contributed by atoms with van der Waals surface area (Å²) >= 11 is 0. The SMILES string of the molecule is C[C@@H]1C[C@H](c2ccncc2CC(=O)c2ccc(F)c(-c3c(F)cc(OC4CCOCC4)cc3F)n2)C[C@H](O)[C@@]1(C)O. The van der Waals surface area contributed by atoms with Gasteiger partial charge in [-0.2, -0.15) is 0 Å². The summed E-state index contributed by atoms with van der Waals surface area (Å²) in [5.41, 5.74) is -1.25. The minimum atomic E-state index is -1.21. The third kappa shape index (κ3) is 6.14. The molecule has 0 bridgehead atoms. The fraction of sp³-hybridized carbons (Fsp3) is 0.452. The van der Waals surface area contributed by atoms with Gasteiger partial charge in [-0.05, 0) is 60.9 Å². The molecule has 7 nitrogen and oxygen atoms in total. The molecule has 0 spiro atoms. The zero-order chi connectivity index (χ0) is 29.3. The van der Waals surface area contributed by atoms with Crippen molar-refractivity contribution in [3.05, 3.63) is 77.0 Å². The Kier molecular flexibility index (Phi) is 8.45. The van der Waals surface area contributed by atoms with Crippen LogP contribution in [0.25, 0.3) is 11.3 Å². The predicted octanol–water partition coefficient (Wildman–Crippen LogP) is 5.17. The van der Waals surface area contributed by atoms with Gasteiger partial charge in [0.25, 0.3) is 0 Å². The van der Waals surface area contributed by atoms with Crippen LogP contribution in [0.5, 0.6) is 5.75 Å². The number of ketones is 1. The quantitative estimate of drug-likeness (QED) is 0.378. The number of ether oxygens (including phenoxy) is 2. The normalized spacial score (nSPS) is 25.2. The van der Waals surface area contributed by atoms with Crippen LogP contribution < -0.4 is 4.74 Å². The van der Waals surface area contributed by atoms with Crippen molar-refractivity contribution in [3.63, 3.8) is 0 Å². The second-order valence-electron chi connectivity index (χ2n) is 11.2. The van der Waals surface area contributed by atoms with Gasteiger partial charge < -0.3 is 19.7 Å². The average molecular weight is 571 g/mol. The number of pyridine rings is 2. The second-order valence-corrected chi connectivity index (χ2v) is 11.2. The molecule has 0 radical (unpaired) electrons. The van der Waals surface area contributed by atoms with Gasteiger partial charge in [0.15, 0.2) is 5.78 Å². The Bertz CT molecular complexity index is 1390. The maximum Gasteiger partial charge on any atom is 0.185 e. The number of aliphatic hydroxyl groups is 2. The molecule has 1 saturated heterocycles. The van der Waals surface area contributed by atoms with Crippen LogP contribution >= 0.6 is 0 Å². The summed E-state index contributed by atoms with van der Waals surface area (Å²) in [7, 11) is 0. The number of carbonyl (C=O) groups is 1. The van der Waals surface area contributed by atoms with Crippen LogP contribution in [0.4, 0.5) is 13.2 Å². The molecule has 2 fully saturated rings. The first-order valence-corrected chi connectivity index (χ1v) is 13.8. The van der Waals surface area contributed by atoms with E-state index in [1.807, 2.05) is 6.92 Å². The van der Waals surface area contributed by atoms with E-state index in [-0.39, 0.29) is 35.8 Å². The Morgan fingerprint density at radius 3 is 2.49 bits per heavy atom. The molecule has 1 aromatic carbocycles. The number of nitrogens with zero attached hydrogens (tertiary/aromatic N) is 2. The van der Waals surface area contributed by atoms with Gasteiger partial charge >= 0.3 is 0 Å². The van der Waals surface area contributed by atoms with Crippen LogP contribution in [0.15, 0.2) is 42.7 Å². The number of hydrogen-bond acceptors (Lipinski definition) is 7. The van der Waals surface area contributed by atoms with Gasteiger partial charge in [-0.25, -0.2) is 18.2 Å². The first-order chi connectivity index (χ1) is 19.5. The highest BCUT2D eigenvalue weighted by molar-refractivity contribution is 5.96. The molecule has 3 aromatic rings. The van der Waals surface area contributed by atoms with Gasteiger partial charge in [-0.15, -0.1) is 0 Å². The summed E-state index contributed by atoms with van der Waals surface area (Å²) < 4.78 is 56.0. The van der Waals surface area contributed by atoms with E-state index >= 15 is 8.78 Å². The van der Waals surface area contributed by atoms with Crippen molar-refractivity contribution < 1.29 is 37.7 Å². The molecule has 0 unspecified atom stereocenters. The Balaban J connectivity index is 1.38. The number of benzene rings is 1. The highest BCUT2D eigenvalue weighted by Gasteiger charge is 2.43. The molecule has 0 amide bonds. The molecule has 1 aliphatic heterocycles. The predicted molar refractivity (Wildman–Crippen MR) is 144 cm³/mol. The molecule has 218 valence electrons. The van der Waals surface area contributed by atoms with Crippen LogP contribution in [0, 0.1) is 23.4 Å². The lowest BCUT2D eigenvalue weighted by atomic mass is 9.68. The number of carbonyl (C=O) groups excluding carboxylic acids is 1. The molecule has 2 aliphatic rings. The summed E-state index contributed by atoms with van der Waals surface area (Å²) in [4.78, 5) is 21.5. The molecule has 3 heterocycles. The second kappa shape index (κ2) is 11.9. The summed E-state index contributed by atoms with van der Waals surface area (Å²) in [6.45, 7) is 4.47. The van der Waals surface area contributed by atoms with E-state index in [4.69, 9.17) is 9.47 Å². The van der Waals surface area contributed by atoms with Crippen molar-refractivity contribution in [1.82, 2.24) is 9.97 Å². The van der Waals surface area contributed by atoms with Crippen LogP contribution in [-0.4, -0.2) is 57.0 Å². The largest absolute Gasteiger partial charge is 0.490 e. The average Bonchev–Trinajstić information content (AvgIpc) is 2.93. The molecule has 41 heavy (non-hydrogen) atoms. The molecule has 1 saturated carbocycles. The number of hydrogen-bond donors (Lipinski definition) is 2. The summed E-state index contributed by atoms with van der Waals surface area (Å²) in [6, 6.07) is 5.90. The molecule has 5 rings (SSSR count). The molecule has 1 aliphatic carbocycles. The Morgan fingerprint density at radius 1 is 1.10 bits per heavy atom. The third-order valence-electron chi connectivity index (χ3n) is 8.41. The monoisotopic (exact) mass is 570 g/mol. The fourth-order valence-electron chi connectivity index (χ4n) is 5.70. The summed E-state index contributed by atoms with van der Waals surface area (Å²) in [5.74, 6) is -3.90. The number of Topliss-reactive ketones (excluding diaryl/α,β-unsaturated/α-hetero) is 1. The van der Waals surface area contributed by atoms with E-state index in [1.165, 1.54) is 6.07 Å². The first-order valence-electron chi connectivity index (χ1n) is 13.8. The standard InChI is InChI=1S/C31H33F3N2O5/c1-17-11-18(13-28(38)31(17,2)39)22-5-8-35-16-19(22)12-27(37)26-4-3-23(32)30(36-26)29-24(33)14-21(15-25(29)34)41-20-6-9-40-10-7-20/h3-5,8,14-18,20,28,38-39H,6-7,9-13H2,1-2H3/t17-,18+,28+,31+/m1/s1.